The van der Waals surface area contributed by atoms with Crippen LogP contribution in [0.15, 0.2) is 54.6 Å². The van der Waals surface area contributed by atoms with Crippen LogP contribution in [-0.2, 0) is 20.0 Å². The predicted molar refractivity (Wildman–Crippen MR) is 113 cm³/mol. The van der Waals surface area contributed by atoms with Gasteiger partial charge in [0.1, 0.15) is 0 Å². The SMILES string of the molecule is Cn1c2c(c3ccccc31)C[C@H]1C(C#N)C(CC#N)C[C@@H]2N1Cc1ccccc1. The Kier molecular flexibility index (Phi) is 4.38. The van der Waals surface area contributed by atoms with Gasteiger partial charge < -0.3 is 4.57 Å². The van der Waals surface area contributed by atoms with Crippen molar-refractivity contribution in [1.82, 2.24) is 9.47 Å². The molecule has 29 heavy (non-hydrogen) atoms. The molecule has 0 amide bonds. The van der Waals surface area contributed by atoms with Gasteiger partial charge in [-0.1, -0.05) is 48.5 Å². The molecule has 1 fully saturated rings. The van der Waals surface area contributed by atoms with Crippen LogP contribution in [0.4, 0.5) is 0 Å². The molecule has 2 aromatic carbocycles. The molecule has 0 saturated carbocycles. The van der Waals surface area contributed by atoms with E-state index in [1.165, 1.54) is 27.7 Å². The third-order valence-corrected chi connectivity index (χ3v) is 6.98. The molecule has 1 aromatic heterocycles. The van der Waals surface area contributed by atoms with E-state index in [4.69, 9.17) is 0 Å². The molecule has 0 aliphatic carbocycles. The second-order valence-corrected chi connectivity index (χ2v) is 8.40. The smallest absolute Gasteiger partial charge is 0.0675 e. The number of fused-ring (bicyclic) bond motifs is 6. The van der Waals surface area contributed by atoms with Crippen molar-refractivity contribution < 1.29 is 0 Å². The van der Waals surface area contributed by atoms with E-state index in [1.807, 2.05) is 6.07 Å². The molecule has 4 nitrogen and oxygen atoms in total. The quantitative estimate of drug-likeness (QED) is 0.661. The summed E-state index contributed by atoms with van der Waals surface area (Å²) in [5, 5.41) is 20.8. The molecular formula is C25H24N4. The van der Waals surface area contributed by atoms with Gasteiger partial charge in [0, 0.05) is 42.7 Å². The summed E-state index contributed by atoms with van der Waals surface area (Å²) in [5.41, 5.74) is 5.31. The summed E-state index contributed by atoms with van der Waals surface area (Å²) in [4.78, 5) is 2.54. The largest absolute Gasteiger partial charge is 0.346 e. The lowest BCUT2D eigenvalue weighted by Crippen LogP contribution is -2.53. The predicted octanol–water partition coefficient (Wildman–Crippen LogP) is 4.72. The molecule has 4 heteroatoms. The van der Waals surface area contributed by atoms with Gasteiger partial charge in [-0.05, 0) is 36.0 Å². The second-order valence-electron chi connectivity index (χ2n) is 8.40. The highest BCUT2D eigenvalue weighted by molar-refractivity contribution is 5.86. The van der Waals surface area contributed by atoms with Crippen molar-refractivity contribution in [3.63, 3.8) is 0 Å². The Balaban J connectivity index is 1.66. The molecular weight excluding hydrogens is 356 g/mol. The van der Waals surface area contributed by atoms with Crippen LogP contribution in [0.5, 0.6) is 0 Å². The van der Waals surface area contributed by atoms with Gasteiger partial charge in [0.15, 0.2) is 0 Å². The molecule has 3 heterocycles. The maximum atomic E-state index is 10.1. The van der Waals surface area contributed by atoms with Gasteiger partial charge >= 0.3 is 0 Å². The molecule has 144 valence electrons. The molecule has 4 atom stereocenters. The van der Waals surface area contributed by atoms with Crippen molar-refractivity contribution in [1.29, 1.82) is 10.5 Å². The lowest BCUT2D eigenvalue weighted by molar-refractivity contribution is 0.00117. The first-order valence-electron chi connectivity index (χ1n) is 10.3. The van der Waals surface area contributed by atoms with E-state index in [2.05, 4.69) is 77.2 Å². The average molecular weight is 380 g/mol. The van der Waals surface area contributed by atoms with E-state index in [-0.39, 0.29) is 23.9 Å². The Labute approximate surface area is 171 Å². The summed E-state index contributed by atoms with van der Waals surface area (Å²) in [7, 11) is 2.16. The van der Waals surface area contributed by atoms with Crippen LogP contribution in [-0.4, -0.2) is 15.5 Å². The Morgan fingerprint density at radius 2 is 1.79 bits per heavy atom. The van der Waals surface area contributed by atoms with Crippen LogP contribution in [0.2, 0.25) is 0 Å². The molecule has 0 radical (unpaired) electrons. The van der Waals surface area contributed by atoms with Crippen molar-refractivity contribution in [2.24, 2.45) is 18.9 Å². The molecule has 5 rings (SSSR count). The van der Waals surface area contributed by atoms with Crippen molar-refractivity contribution in [3.05, 3.63) is 71.4 Å². The molecule has 2 aliphatic rings. The maximum absolute atomic E-state index is 10.1. The van der Waals surface area contributed by atoms with E-state index < -0.39 is 0 Å². The minimum Gasteiger partial charge on any atom is -0.346 e. The fraction of sp³-hybridized carbons (Fsp3) is 0.360. The summed E-state index contributed by atoms with van der Waals surface area (Å²) in [5.74, 6) is 0.0277. The third kappa shape index (κ3) is 2.76. The number of hydrogen-bond donors (Lipinski definition) is 0. The number of nitrogens with zero attached hydrogens (tertiary/aromatic N) is 4. The zero-order valence-corrected chi connectivity index (χ0v) is 16.6. The summed E-state index contributed by atoms with van der Waals surface area (Å²) >= 11 is 0. The van der Waals surface area contributed by atoms with E-state index in [9.17, 15) is 10.5 Å². The van der Waals surface area contributed by atoms with E-state index in [1.54, 1.807) is 0 Å². The molecule has 0 N–H and O–H groups in total. The summed E-state index contributed by atoms with van der Waals surface area (Å²) < 4.78 is 2.35. The number of benzene rings is 2. The summed E-state index contributed by atoms with van der Waals surface area (Å²) in [6, 6.07) is 24.5. The lowest BCUT2D eigenvalue weighted by Gasteiger charge is -2.51. The molecule has 2 unspecified atom stereocenters. The molecule has 0 spiro atoms. The second kappa shape index (κ2) is 7.07. The van der Waals surface area contributed by atoms with Crippen LogP contribution in [0.25, 0.3) is 10.9 Å². The monoisotopic (exact) mass is 380 g/mol. The first-order chi connectivity index (χ1) is 14.2. The van der Waals surface area contributed by atoms with E-state index in [0.29, 0.717) is 6.42 Å². The Morgan fingerprint density at radius 1 is 1.03 bits per heavy atom. The number of hydrogen-bond acceptors (Lipinski definition) is 3. The Hall–Kier alpha value is -3.08. The van der Waals surface area contributed by atoms with Gasteiger partial charge in [0.05, 0.1) is 24.1 Å². The fourth-order valence-corrected chi connectivity index (χ4v) is 5.71. The van der Waals surface area contributed by atoms with Gasteiger partial charge in [-0.25, -0.2) is 0 Å². The Morgan fingerprint density at radius 3 is 2.55 bits per heavy atom. The van der Waals surface area contributed by atoms with Crippen molar-refractivity contribution in [2.45, 2.75) is 37.9 Å². The number of aromatic nitrogens is 1. The van der Waals surface area contributed by atoms with Crippen molar-refractivity contribution in [3.8, 4) is 12.1 Å². The van der Waals surface area contributed by atoms with Gasteiger partial charge in [-0.2, -0.15) is 10.5 Å². The number of nitriles is 2. The van der Waals surface area contributed by atoms with Gasteiger partial charge in [0.25, 0.3) is 0 Å². The van der Waals surface area contributed by atoms with Gasteiger partial charge in [-0.15, -0.1) is 0 Å². The molecule has 3 aromatic rings. The zero-order chi connectivity index (χ0) is 20.0. The topological polar surface area (TPSA) is 55.8 Å². The van der Waals surface area contributed by atoms with Crippen LogP contribution < -0.4 is 0 Å². The lowest BCUT2D eigenvalue weighted by atomic mass is 9.69. The maximum Gasteiger partial charge on any atom is 0.0675 e. The van der Waals surface area contributed by atoms with Gasteiger partial charge in [-0.3, -0.25) is 4.90 Å². The number of piperidine rings is 1. The molecule has 1 saturated heterocycles. The normalized spacial score (nSPS) is 25.9. The minimum absolute atomic E-state index is 0.110. The third-order valence-electron chi connectivity index (χ3n) is 6.98. The molecule has 2 bridgehead atoms. The standard InChI is InChI=1S/C25H24N4/c1-28-22-10-6-5-9-19(22)20-14-23-21(15-27)18(11-12-26)13-24(25(20)28)29(23)16-17-7-3-2-4-8-17/h2-10,18,21,23-24H,11,13-14,16H2,1H3/t18?,21?,23-,24-/m0/s1. The highest BCUT2D eigenvalue weighted by atomic mass is 15.2. The number of rotatable bonds is 3. The van der Waals surface area contributed by atoms with E-state index in [0.717, 1.165) is 19.4 Å². The highest BCUT2D eigenvalue weighted by Crippen LogP contribution is 2.50. The van der Waals surface area contributed by atoms with Crippen molar-refractivity contribution >= 4 is 10.9 Å². The molecule has 2 aliphatic heterocycles. The number of aryl methyl sites for hydroxylation is 1. The fourth-order valence-electron chi connectivity index (χ4n) is 5.71. The van der Waals surface area contributed by atoms with Gasteiger partial charge in [0.2, 0.25) is 0 Å². The zero-order valence-electron chi connectivity index (χ0n) is 16.6. The van der Waals surface area contributed by atoms with Crippen molar-refractivity contribution in [2.75, 3.05) is 0 Å². The van der Waals surface area contributed by atoms with Crippen LogP contribution in [0, 0.1) is 34.5 Å². The number of para-hydroxylation sites is 1. The first-order valence-corrected chi connectivity index (χ1v) is 10.3. The highest BCUT2D eigenvalue weighted by Gasteiger charge is 2.48. The summed E-state index contributed by atoms with van der Waals surface area (Å²) in [6.07, 6.45) is 2.20. The Bertz CT molecular complexity index is 1130. The van der Waals surface area contributed by atoms with E-state index >= 15 is 0 Å². The van der Waals surface area contributed by atoms with Crippen LogP contribution in [0.1, 0.15) is 35.7 Å². The average Bonchev–Trinajstić information content (AvgIpc) is 3.02. The van der Waals surface area contributed by atoms with Crippen LogP contribution in [0.3, 0.4) is 0 Å². The van der Waals surface area contributed by atoms with Crippen LogP contribution >= 0.6 is 0 Å². The summed E-state index contributed by atoms with van der Waals surface area (Å²) in [6.45, 7) is 0.842. The minimum atomic E-state index is -0.110. The first kappa shape index (κ1) is 18.0.